The number of nitrogens with zero attached hydrogens (tertiary/aromatic N) is 2. The number of nitriles is 1. The van der Waals surface area contributed by atoms with Crippen molar-refractivity contribution in [2.24, 2.45) is 0 Å². The zero-order valence-electron chi connectivity index (χ0n) is 11.0. The number of hydrogen-bond donors (Lipinski definition) is 2. The third kappa shape index (κ3) is 2.67. The number of anilines is 3. The lowest BCUT2D eigenvalue weighted by molar-refractivity contribution is 1.38. The van der Waals surface area contributed by atoms with Crippen LogP contribution in [0.15, 0.2) is 53.1 Å². The van der Waals surface area contributed by atoms with Gasteiger partial charge in [-0.05, 0) is 46.3 Å². The van der Waals surface area contributed by atoms with Gasteiger partial charge in [0, 0.05) is 16.1 Å². The Hall–Kier alpha value is -2.58. The second-order valence-corrected chi connectivity index (χ2v) is 5.49. The van der Waals surface area contributed by atoms with Crippen LogP contribution in [-0.2, 0) is 0 Å². The molecule has 0 spiro atoms. The summed E-state index contributed by atoms with van der Waals surface area (Å²) >= 11 is 3.42. The summed E-state index contributed by atoms with van der Waals surface area (Å²) in [4.78, 5) is 4.43. The standard InChI is InChI=1S/C16H11BrN4/c17-12-7-11-2-1-3-14(16(11)20-9-12)21-15-6-10(8-18)4-5-13(15)19/h1-7,9,21H,19H2. The molecule has 3 aromatic rings. The van der Waals surface area contributed by atoms with Crippen LogP contribution >= 0.6 is 15.9 Å². The lowest BCUT2D eigenvalue weighted by atomic mass is 10.1. The van der Waals surface area contributed by atoms with Crippen LogP contribution in [0.5, 0.6) is 0 Å². The van der Waals surface area contributed by atoms with Crippen LogP contribution in [0.4, 0.5) is 17.1 Å². The summed E-state index contributed by atoms with van der Waals surface area (Å²) in [5.41, 5.74) is 9.50. The molecule has 3 rings (SSSR count). The number of halogens is 1. The summed E-state index contributed by atoms with van der Waals surface area (Å²) in [6.45, 7) is 0. The molecular formula is C16H11BrN4. The van der Waals surface area contributed by atoms with Crippen molar-refractivity contribution in [1.29, 1.82) is 5.26 Å². The van der Waals surface area contributed by atoms with E-state index in [-0.39, 0.29) is 0 Å². The molecule has 4 nitrogen and oxygen atoms in total. The van der Waals surface area contributed by atoms with E-state index in [2.05, 4.69) is 32.3 Å². The Bertz CT molecular complexity index is 868. The molecule has 0 saturated carbocycles. The van der Waals surface area contributed by atoms with Crippen LogP contribution in [0.2, 0.25) is 0 Å². The van der Waals surface area contributed by atoms with Crippen molar-refractivity contribution in [2.75, 3.05) is 11.1 Å². The van der Waals surface area contributed by atoms with Crippen LogP contribution in [0.1, 0.15) is 5.56 Å². The van der Waals surface area contributed by atoms with Crippen molar-refractivity contribution in [3.8, 4) is 6.07 Å². The van der Waals surface area contributed by atoms with Gasteiger partial charge in [-0.15, -0.1) is 0 Å². The van der Waals surface area contributed by atoms with Gasteiger partial charge in [-0.2, -0.15) is 5.26 Å². The summed E-state index contributed by atoms with van der Waals surface area (Å²) in [7, 11) is 0. The van der Waals surface area contributed by atoms with Crippen molar-refractivity contribution in [2.45, 2.75) is 0 Å². The molecule has 0 aliphatic carbocycles. The Morgan fingerprint density at radius 1 is 1.14 bits per heavy atom. The third-order valence-electron chi connectivity index (χ3n) is 3.13. The quantitative estimate of drug-likeness (QED) is 0.687. The van der Waals surface area contributed by atoms with Gasteiger partial charge in [-0.3, -0.25) is 4.98 Å². The summed E-state index contributed by atoms with van der Waals surface area (Å²) in [6.07, 6.45) is 1.75. The van der Waals surface area contributed by atoms with Crippen molar-refractivity contribution in [3.63, 3.8) is 0 Å². The SMILES string of the molecule is N#Cc1ccc(N)c(Nc2cccc3cc(Br)cnc23)c1. The fourth-order valence-electron chi connectivity index (χ4n) is 2.11. The maximum Gasteiger partial charge on any atom is 0.0992 e. The number of rotatable bonds is 2. The molecule has 0 atom stereocenters. The van der Waals surface area contributed by atoms with E-state index in [0.717, 1.165) is 21.1 Å². The van der Waals surface area contributed by atoms with Crippen LogP contribution in [-0.4, -0.2) is 4.98 Å². The average molecular weight is 339 g/mol. The first-order valence-electron chi connectivity index (χ1n) is 6.28. The molecular weight excluding hydrogens is 328 g/mol. The number of nitrogens with two attached hydrogens (primary N) is 1. The number of nitrogen functional groups attached to an aromatic ring is 1. The first-order valence-corrected chi connectivity index (χ1v) is 7.07. The number of aromatic nitrogens is 1. The normalized spacial score (nSPS) is 10.3. The summed E-state index contributed by atoms with van der Waals surface area (Å²) in [5, 5.41) is 13.3. The first kappa shape index (κ1) is 13.4. The molecule has 2 aromatic carbocycles. The molecule has 0 radical (unpaired) electrons. The fraction of sp³-hybridized carbons (Fsp3) is 0. The predicted octanol–water partition coefficient (Wildman–Crippen LogP) is 4.19. The van der Waals surface area contributed by atoms with E-state index in [4.69, 9.17) is 11.0 Å². The number of benzene rings is 2. The Labute approximate surface area is 130 Å². The summed E-state index contributed by atoms with van der Waals surface area (Å²) in [6, 6.07) is 15.1. The maximum absolute atomic E-state index is 8.99. The number of hydrogen-bond acceptors (Lipinski definition) is 4. The van der Waals surface area contributed by atoms with Crippen LogP contribution in [0.25, 0.3) is 10.9 Å². The van der Waals surface area contributed by atoms with E-state index in [1.165, 1.54) is 0 Å². The van der Waals surface area contributed by atoms with Gasteiger partial charge in [-0.25, -0.2) is 0 Å². The third-order valence-corrected chi connectivity index (χ3v) is 3.56. The minimum absolute atomic E-state index is 0.558. The lowest BCUT2D eigenvalue weighted by Gasteiger charge is -2.11. The van der Waals surface area contributed by atoms with Crippen molar-refractivity contribution in [3.05, 3.63) is 58.7 Å². The molecule has 1 aromatic heterocycles. The van der Waals surface area contributed by atoms with Crippen molar-refractivity contribution >= 4 is 43.9 Å². The highest BCUT2D eigenvalue weighted by atomic mass is 79.9. The van der Waals surface area contributed by atoms with Gasteiger partial charge in [0.2, 0.25) is 0 Å². The number of para-hydroxylation sites is 1. The molecule has 0 bridgehead atoms. The zero-order valence-corrected chi connectivity index (χ0v) is 12.6. The molecule has 0 saturated heterocycles. The van der Waals surface area contributed by atoms with Gasteiger partial charge in [-0.1, -0.05) is 12.1 Å². The van der Waals surface area contributed by atoms with Crippen molar-refractivity contribution in [1.82, 2.24) is 4.98 Å². The second kappa shape index (κ2) is 5.43. The number of fused-ring (bicyclic) bond motifs is 1. The monoisotopic (exact) mass is 338 g/mol. The van der Waals surface area contributed by atoms with E-state index in [1.54, 1.807) is 24.4 Å². The van der Waals surface area contributed by atoms with Gasteiger partial charge in [0.25, 0.3) is 0 Å². The van der Waals surface area contributed by atoms with E-state index < -0.39 is 0 Å². The Morgan fingerprint density at radius 2 is 2.00 bits per heavy atom. The minimum atomic E-state index is 0.558. The van der Waals surface area contributed by atoms with E-state index >= 15 is 0 Å². The fourth-order valence-corrected chi connectivity index (χ4v) is 2.46. The highest BCUT2D eigenvalue weighted by Gasteiger charge is 2.06. The van der Waals surface area contributed by atoms with E-state index in [1.807, 2.05) is 24.3 Å². The van der Waals surface area contributed by atoms with Crippen LogP contribution < -0.4 is 11.1 Å². The lowest BCUT2D eigenvalue weighted by Crippen LogP contribution is -1.98. The Morgan fingerprint density at radius 3 is 2.81 bits per heavy atom. The topological polar surface area (TPSA) is 74.7 Å². The van der Waals surface area contributed by atoms with Crippen LogP contribution in [0, 0.1) is 11.3 Å². The van der Waals surface area contributed by atoms with Crippen molar-refractivity contribution < 1.29 is 0 Å². The maximum atomic E-state index is 8.99. The molecule has 0 unspecified atom stereocenters. The highest BCUT2D eigenvalue weighted by molar-refractivity contribution is 9.10. The molecule has 21 heavy (non-hydrogen) atoms. The average Bonchev–Trinajstić information content (AvgIpc) is 2.49. The molecule has 5 heteroatoms. The Balaban J connectivity index is 2.08. The molecule has 0 aliphatic rings. The molecule has 0 fully saturated rings. The minimum Gasteiger partial charge on any atom is -0.397 e. The van der Waals surface area contributed by atoms with Gasteiger partial charge in [0.1, 0.15) is 0 Å². The molecule has 0 aliphatic heterocycles. The smallest absolute Gasteiger partial charge is 0.0992 e. The molecule has 3 N–H and O–H groups in total. The summed E-state index contributed by atoms with van der Waals surface area (Å²) in [5.74, 6) is 0. The highest BCUT2D eigenvalue weighted by Crippen LogP contribution is 2.29. The largest absolute Gasteiger partial charge is 0.397 e. The van der Waals surface area contributed by atoms with Gasteiger partial charge in [0.15, 0.2) is 0 Å². The number of pyridine rings is 1. The van der Waals surface area contributed by atoms with E-state index in [9.17, 15) is 0 Å². The first-order chi connectivity index (χ1) is 10.2. The zero-order chi connectivity index (χ0) is 14.8. The van der Waals surface area contributed by atoms with Gasteiger partial charge < -0.3 is 11.1 Å². The summed E-state index contributed by atoms with van der Waals surface area (Å²) < 4.78 is 0.929. The van der Waals surface area contributed by atoms with Gasteiger partial charge >= 0.3 is 0 Å². The second-order valence-electron chi connectivity index (χ2n) is 4.57. The van der Waals surface area contributed by atoms with Crippen LogP contribution in [0.3, 0.4) is 0 Å². The predicted molar refractivity (Wildman–Crippen MR) is 88.3 cm³/mol. The Kier molecular flexibility index (Phi) is 3.46. The molecule has 1 heterocycles. The number of nitrogens with one attached hydrogen (secondary N) is 1. The molecule has 102 valence electrons. The van der Waals surface area contributed by atoms with E-state index in [0.29, 0.717) is 16.9 Å². The molecule has 0 amide bonds. The van der Waals surface area contributed by atoms with Gasteiger partial charge in [0.05, 0.1) is 34.2 Å².